The smallest absolute Gasteiger partial charge is 0.161 e. The summed E-state index contributed by atoms with van der Waals surface area (Å²) < 4.78 is 16.6. The number of rotatable bonds is 2. The molecule has 1 fully saturated rings. The minimum absolute atomic E-state index is 0.164. The zero-order chi connectivity index (χ0) is 13.9. The number of nitriles is 1. The first-order chi connectivity index (χ1) is 9.78. The molecule has 20 heavy (non-hydrogen) atoms. The van der Waals surface area contributed by atoms with E-state index in [9.17, 15) is 5.26 Å². The summed E-state index contributed by atoms with van der Waals surface area (Å²) in [5, 5.41) is 9.52. The van der Waals surface area contributed by atoms with Crippen molar-refractivity contribution in [3.8, 4) is 17.6 Å². The monoisotopic (exact) mass is 274 g/mol. The van der Waals surface area contributed by atoms with E-state index in [1.54, 1.807) is 0 Å². The largest absolute Gasteiger partial charge is 0.486 e. The summed E-state index contributed by atoms with van der Waals surface area (Å²) in [6.45, 7) is 5.38. The van der Waals surface area contributed by atoms with E-state index < -0.39 is 0 Å². The van der Waals surface area contributed by atoms with Crippen LogP contribution in [0.2, 0.25) is 0 Å². The summed E-state index contributed by atoms with van der Waals surface area (Å²) in [7, 11) is 0. The lowest BCUT2D eigenvalue weighted by Crippen LogP contribution is -2.42. The van der Waals surface area contributed by atoms with Crippen molar-refractivity contribution in [3.05, 3.63) is 23.8 Å². The van der Waals surface area contributed by atoms with Crippen LogP contribution in [-0.2, 0) is 4.74 Å². The van der Waals surface area contributed by atoms with E-state index in [4.69, 9.17) is 14.2 Å². The normalized spacial score (nSPS) is 23.9. The first-order valence-electron chi connectivity index (χ1n) is 6.93. The molecule has 0 aliphatic carbocycles. The minimum atomic E-state index is -0.267. The van der Waals surface area contributed by atoms with Crippen molar-refractivity contribution < 1.29 is 14.2 Å². The van der Waals surface area contributed by atoms with Gasteiger partial charge in [-0.05, 0) is 24.6 Å². The van der Waals surface area contributed by atoms with Crippen LogP contribution in [0.3, 0.4) is 0 Å². The predicted molar refractivity (Wildman–Crippen MR) is 72.8 cm³/mol. The highest BCUT2D eigenvalue weighted by molar-refractivity contribution is 5.45. The Labute approximate surface area is 118 Å². The summed E-state index contributed by atoms with van der Waals surface area (Å²) in [6.07, 6.45) is 0.164. The first-order valence-corrected chi connectivity index (χ1v) is 6.93. The Hall–Kier alpha value is -1.77. The summed E-state index contributed by atoms with van der Waals surface area (Å²) in [6, 6.07) is 7.87. The van der Waals surface area contributed by atoms with Crippen LogP contribution >= 0.6 is 0 Å². The van der Waals surface area contributed by atoms with Crippen LogP contribution < -0.4 is 9.47 Å². The van der Waals surface area contributed by atoms with E-state index in [1.807, 2.05) is 25.1 Å². The molecule has 0 radical (unpaired) electrons. The van der Waals surface area contributed by atoms with Crippen molar-refractivity contribution in [3.63, 3.8) is 0 Å². The minimum Gasteiger partial charge on any atom is -0.486 e. The Morgan fingerprint density at radius 1 is 1.25 bits per heavy atom. The third kappa shape index (κ3) is 2.58. The molecule has 0 amide bonds. The maximum Gasteiger partial charge on any atom is 0.161 e. The predicted octanol–water partition coefficient (Wildman–Crippen LogP) is 1.74. The summed E-state index contributed by atoms with van der Waals surface area (Å²) in [5.74, 6) is 1.49. The molecule has 2 unspecified atom stereocenters. The van der Waals surface area contributed by atoms with Gasteiger partial charge in [0.15, 0.2) is 11.5 Å². The van der Waals surface area contributed by atoms with Gasteiger partial charge in [-0.1, -0.05) is 6.07 Å². The number of fused-ring (bicyclic) bond motifs is 1. The first kappa shape index (κ1) is 13.2. The lowest BCUT2D eigenvalue weighted by molar-refractivity contribution is -0.0269. The van der Waals surface area contributed by atoms with Crippen molar-refractivity contribution in [2.24, 2.45) is 0 Å². The molecular weight excluding hydrogens is 256 g/mol. The van der Waals surface area contributed by atoms with Gasteiger partial charge in [0.2, 0.25) is 0 Å². The highest BCUT2D eigenvalue weighted by Gasteiger charge is 2.26. The second-order valence-corrected chi connectivity index (χ2v) is 5.11. The average molecular weight is 274 g/mol. The molecule has 2 aliphatic heterocycles. The Kier molecular flexibility index (Phi) is 3.77. The van der Waals surface area contributed by atoms with Gasteiger partial charge in [0.1, 0.15) is 19.3 Å². The van der Waals surface area contributed by atoms with Crippen molar-refractivity contribution in [1.82, 2.24) is 4.90 Å². The van der Waals surface area contributed by atoms with Crippen LogP contribution in [0.1, 0.15) is 18.5 Å². The van der Waals surface area contributed by atoms with Crippen LogP contribution in [0, 0.1) is 11.3 Å². The SMILES string of the molecule is CC1CN(C(C#N)c2ccc3c(c2)OCCO3)CCO1. The molecule has 0 bridgehead atoms. The van der Waals surface area contributed by atoms with Crippen LogP contribution in [0.15, 0.2) is 18.2 Å². The van der Waals surface area contributed by atoms with Crippen LogP contribution in [0.4, 0.5) is 0 Å². The summed E-state index contributed by atoms with van der Waals surface area (Å²) in [4.78, 5) is 2.15. The number of benzene rings is 1. The van der Waals surface area contributed by atoms with E-state index in [1.165, 1.54) is 0 Å². The molecule has 0 saturated carbocycles. The summed E-state index contributed by atoms with van der Waals surface area (Å²) in [5.41, 5.74) is 0.950. The third-order valence-electron chi connectivity index (χ3n) is 3.64. The molecule has 5 heteroatoms. The highest BCUT2D eigenvalue weighted by atomic mass is 16.6. The van der Waals surface area contributed by atoms with E-state index in [0.29, 0.717) is 19.8 Å². The molecule has 5 nitrogen and oxygen atoms in total. The lowest BCUT2D eigenvalue weighted by Gasteiger charge is -2.34. The van der Waals surface area contributed by atoms with Crippen LogP contribution in [0.25, 0.3) is 0 Å². The average Bonchev–Trinajstić information content (AvgIpc) is 2.48. The van der Waals surface area contributed by atoms with Gasteiger partial charge in [-0.15, -0.1) is 0 Å². The van der Waals surface area contributed by atoms with E-state index in [0.717, 1.165) is 30.2 Å². The number of morpholine rings is 1. The molecule has 2 atom stereocenters. The fourth-order valence-electron chi connectivity index (χ4n) is 2.68. The van der Waals surface area contributed by atoms with E-state index >= 15 is 0 Å². The Bertz CT molecular complexity index is 526. The van der Waals surface area contributed by atoms with Crippen molar-refractivity contribution in [2.45, 2.75) is 19.1 Å². The van der Waals surface area contributed by atoms with E-state index in [2.05, 4.69) is 11.0 Å². The highest BCUT2D eigenvalue weighted by Crippen LogP contribution is 2.34. The molecule has 1 saturated heterocycles. The molecule has 106 valence electrons. The van der Waals surface area contributed by atoms with Crippen molar-refractivity contribution >= 4 is 0 Å². The molecule has 1 aromatic carbocycles. The molecule has 0 aromatic heterocycles. The van der Waals surface area contributed by atoms with Gasteiger partial charge < -0.3 is 14.2 Å². The van der Waals surface area contributed by atoms with Gasteiger partial charge in [-0.3, -0.25) is 4.90 Å². The molecule has 2 heterocycles. The van der Waals surface area contributed by atoms with Gasteiger partial charge in [0, 0.05) is 13.1 Å². The van der Waals surface area contributed by atoms with Gasteiger partial charge in [0.05, 0.1) is 18.8 Å². The molecular formula is C15H18N2O3. The molecule has 0 spiro atoms. The van der Waals surface area contributed by atoms with Gasteiger partial charge >= 0.3 is 0 Å². The second-order valence-electron chi connectivity index (χ2n) is 5.11. The maximum absolute atomic E-state index is 9.52. The quantitative estimate of drug-likeness (QED) is 0.822. The Morgan fingerprint density at radius 3 is 2.80 bits per heavy atom. The second kappa shape index (κ2) is 5.70. The molecule has 3 rings (SSSR count). The zero-order valence-electron chi connectivity index (χ0n) is 11.5. The van der Waals surface area contributed by atoms with Gasteiger partial charge in [0.25, 0.3) is 0 Å². The fraction of sp³-hybridized carbons (Fsp3) is 0.533. The molecule has 1 aromatic rings. The number of hydrogen-bond acceptors (Lipinski definition) is 5. The molecule has 0 N–H and O–H groups in total. The number of ether oxygens (including phenoxy) is 3. The fourth-order valence-corrected chi connectivity index (χ4v) is 2.68. The maximum atomic E-state index is 9.52. The number of hydrogen-bond donors (Lipinski definition) is 0. The lowest BCUT2D eigenvalue weighted by atomic mass is 10.0. The van der Waals surface area contributed by atoms with E-state index in [-0.39, 0.29) is 12.1 Å². The topological polar surface area (TPSA) is 54.7 Å². The third-order valence-corrected chi connectivity index (χ3v) is 3.64. The number of nitrogens with zero attached hydrogens (tertiary/aromatic N) is 2. The molecule has 2 aliphatic rings. The Balaban J connectivity index is 1.84. The van der Waals surface area contributed by atoms with Crippen LogP contribution in [-0.4, -0.2) is 43.9 Å². The van der Waals surface area contributed by atoms with Crippen molar-refractivity contribution in [2.75, 3.05) is 32.9 Å². The van der Waals surface area contributed by atoms with Gasteiger partial charge in [-0.25, -0.2) is 0 Å². The van der Waals surface area contributed by atoms with Crippen molar-refractivity contribution in [1.29, 1.82) is 5.26 Å². The van der Waals surface area contributed by atoms with Gasteiger partial charge in [-0.2, -0.15) is 5.26 Å². The standard InChI is InChI=1S/C15H18N2O3/c1-11-10-17(4-5-18-11)13(9-16)12-2-3-14-15(8-12)20-7-6-19-14/h2-3,8,11,13H,4-7,10H2,1H3. The Morgan fingerprint density at radius 2 is 2.05 bits per heavy atom. The zero-order valence-corrected chi connectivity index (χ0v) is 11.5. The van der Waals surface area contributed by atoms with Crippen LogP contribution in [0.5, 0.6) is 11.5 Å². The summed E-state index contributed by atoms with van der Waals surface area (Å²) >= 11 is 0.